The van der Waals surface area contributed by atoms with Gasteiger partial charge in [0.05, 0.1) is 11.1 Å². The van der Waals surface area contributed by atoms with E-state index in [2.05, 4.69) is 0 Å². The third kappa shape index (κ3) is 1.86. The highest BCUT2D eigenvalue weighted by molar-refractivity contribution is 6.22. The normalized spacial score (nSPS) is 25.3. The largest absolute Gasteiger partial charge is 0.301 e. The lowest BCUT2D eigenvalue weighted by molar-refractivity contribution is -0.116. The molecule has 21 heavy (non-hydrogen) atoms. The summed E-state index contributed by atoms with van der Waals surface area (Å²) in [5.74, 6) is -0.704. The van der Waals surface area contributed by atoms with Gasteiger partial charge in [-0.05, 0) is 45.2 Å². The molecule has 0 spiro atoms. The van der Waals surface area contributed by atoms with E-state index in [1.165, 1.54) is 10.5 Å². The van der Waals surface area contributed by atoms with E-state index < -0.39 is 5.54 Å². The summed E-state index contributed by atoms with van der Waals surface area (Å²) in [7, 11) is 0. The first-order valence-corrected chi connectivity index (χ1v) is 7.10. The van der Waals surface area contributed by atoms with Gasteiger partial charge in [0.15, 0.2) is 0 Å². The molecule has 2 aliphatic rings. The Balaban J connectivity index is 2.07. The van der Waals surface area contributed by atoms with E-state index in [0.29, 0.717) is 24.0 Å². The third-order valence-electron chi connectivity index (χ3n) is 4.69. The van der Waals surface area contributed by atoms with Crippen molar-refractivity contribution in [2.45, 2.75) is 38.6 Å². The van der Waals surface area contributed by atoms with Crippen LogP contribution in [0.4, 0.5) is 0 Å². The molecule has 1 aromatic carbocycles. The highest BCUT2D eigenvalue weighted by Crippen LogP contribution is 2.39. The minimum Gasteiger partial charge on any atom is -0.301 e. The summed E-state index contributed by atoms with van der Waals surface area (Å²) in [6, 6.07) is 6.75. The summed E-state index contributed by atoms with van der Waals surface area (Å²) in [5, 5.41) is 0. The molecule has 0 saturated carbocycles. The Hall–Kier alpha value is -2.23. The van der Waals surface area contributed by atoms with Crippen molar-refractivity contribution >= 4 is 18.1 Å². The van der Waals surface area contributed by atoms with Crippen molar-refractivity contribution in [3.05, 3.63) is 46.5 Å². The Kier molecular flexibility index (Phi) is 3.04. The molecule has 1 heterocycles. The molecule has 1 aliphatic heterocycles. The van der Waals surface area contributed by atoms with Crippen LogP contribution in [0.1, 0.15) is 53.8 Å². The quantitative estimate of drug-likeness (QED) is 0.476. The molecule has 0 bridgehead atoms. The van der Waals surface area contributed by atoms with Gasteiger partial charge in [-0.15, -0.1) is 0 Å². The van der Waals surface area contributed by atoms with Crippen LogP contribution < -0.4 is 0 Å². The number of aldehydes is 1. The predicted molar refractivity (Wildman–Crippen MR) is 78.0 cm³/mol. The summed E-state index contributed by atoms with van der Waals surface area (Å²) >= 11 is 0. The molecule has 0 saturated heterocycles. The van der Waals surface area contributed by atoms with E-state index in [0.717, 1.165) is 18.3 Å². The molecule has 3 rings (SSSR count). The molecule has 1 unspecified atom stereocenters. The monoisotopic (exact) mass is 283 g/mol. The van der Waals surface area contributed by atoms with Crippen LogP contribution in [-0.2, 0) is 4.79 Å². The van der Waals surface area contributed by atoms with Crippen molar-refractivity contribution in [2.24, 2.45) is 0 Å². The van der Waals surface area contributed by atoms with Crippen molar-refractivity contribution in [1.82, 2.24) is 4.90 Å². The van der Waals surface area contributed by atoms with Gasteiger partial charge in [-0.25, -0.2) is 0 Å². The van der Waals surface area contributed by atoms with Crippen LogP contribution in [0.15, 0.2) is 35.4 Å². The number of hydrogen-bond donors (Lipinski definition) is 0. The molecule has 0 N–H and O–H groups in total. The maximum absolute atomic E-state index is 12.6. The second-order valence-corrected chi connectivity index (χ2v) is 5.95. The van der Waals surface area contributed by atoms with Crippen LogP contribution in [0, 0.1) is 0 Å². The molecule has 1 aromatic rings. The molecule has 108 valence electrons. The summed E-state index contributed by atoms with van der Waals surface area (Å²) in [5.41, 5.74) is 2.09. The fraction of sp³-hybridized carbons (Fsp3) is 0.353. The van der Waals surface area contributed by atoms with Gasteiger partial charge in [-0.1, -0.05) is 23.3 Å². The molecule has 0 fully saturated rings. The van der Waals surface area contributed by atoms with Gasteiger partial charge in [-0.3, -0.25) is 14.5 Å². The fourth-order valence-electron chi connectivity index (χ4n) is 3.25. The minimum absolute atomic E-state index is 0.352. The molecule has 1 aliphatic carbocycles. The van der Waals surface area contributed by atoms with E-state index in [4.69, 9.17) is 0 Å². The number of rotatable bonds is 2. The average molecular weight is 283 g/mol. The molecule has 2 amide bonds. The SMILES string of the molecule is CC1=C(C)CC(C=O)(N2C(=O)c3ccccc3C2=O)CC1. The Bertz CT molecular complexity index is 654. The van der Waals surface area contributed by atoms with E-state index in [9.17, 15) is 14.4 Å². The Morgan fingerprint density at radius 1 is 1.05 bits per heavy atom. The summed E-state index contributed by atoms with van der Waals surface area (Å²) < 4.78 is 0. The average Bonchev–Trinajstić information content (AvgIpc) is 2.75. The number of allylic oxidation sites excluding steroid dienone is 1. The van der Waals surface area contributed by atoms with Crippen molar-refractivity contribution in [1.29, 1.82) is 0 Å². The Morgan fingerprint density at radius 3 is 2.10 bits per heavy atom. The van der Waals surface area contributed by atoms with E-state index >= 15 is 0 Å². The summed E-state index contributed by atoms with van der Waals surface area (Å²) in [6.07, 6.45) is 2.46. The van der Waals surface area contributed by atoms with Crippen LogP contribution in [0.3, 0.4) is 0 Å². The van der Waals surface area contributed by atoms with E-state index in [1.54, 1.807) is 24.3 Å². The van der Waals surface area contributed by atoms with Gasteiger partial charge < -0.3 is 4.79 Å². The van der Waals surface area contributed by atoms with Gasteiger partial charge >= 0.3 is 0 Å². The molecule has 4 nitrogen and oxygen atoms in total. The van der Waals surface area contributed by atoms with Gasteiger partial charge in [0.1, 0.15) is 11.8 Å². The first kappa shape index (κ1) is 13.7. The standard InChI is InChI=1S/C17H17NO3/c1-11-7-8-17(10-19,9-12(11)2)18-15(20)13-5-3-4-6-14(13)16(18)21/h3-6,10H,7-9H2,1-2H3. The van der Waals surface area contributed by atoms with Crippen molar-refractivity contribution in [3.63, 3.8) is 0 Å². The first-order valence-electron chi connectivity index (χ1n) is 7.10. The van der Waals surface area contributed by atoms with Crippen LogP contribution in [0.5, 0.6) is 0 Å². The van der Waals surface area contributed by atoms with Gasteiger partial charge in [0.25, 0.3) is 11.8 Å². The second-order valence-electron chi connectivity index (χ2n) is 5.95. The number of hydrogen-bond acceptors (Lipinski definition) is 3. The number of carbonyl (C=O) groups is 3. The number of amides is 2. The molecule has 4 heteroatoms. The molecule has 0 radical (unpaired) electrons. The van der Waals surface area contributed by atoms with E-state index in [-0.39, 0.29) is 11.8 Å². The third-order valence-corrected chi connectivity index (χ3v) is 4.69. The van der Waals surface area contributed by atoms with Crippen LogP contribution in [0.2, 0.25) is 0 Å². The highest BCUT2D eigenvalue weighted by atomic mass is 16.2. The highest BCUT2D eigenvalue weighted by Gasteiger charge is 2.49. The predicted octanol–water partition coefficient (Wildman–Crippen LogP) is 2.74. The van der Waals surface area contributed by atoms with Crippen molar-refractivity contribution in [3.8, 4) is 0 Å². The van der Waals surface area contributed by atoms with Gasteiger partial charge in [-0.2, -0.15) is 0 Å². The zero-order valence-electron chi connectivity index (χ0n) is 12.2. The number of fused-ring (bicyclic) bond motifs is 1. The number of imide groups is 1. The van der Waals surface area contributed by atoms with Crippen LogP contribution in [-0.4, -0.2) is 28.5 Å². The molecule has 0 aromatic heterocycles. The number of nitrogens with zero attached hydrogens (tertiary/aromatic N) is 1. The zero-order chi connectivity index (χ0) is 15.2. The number of carbonyl (C=O) groups excluding carboxylic acids is 3. The van der Waals surface area contributed by atoms with Gasteiger partial charge in [0.2, 0.25) is 0 Å². The maximum Gasteiger partial charge on any atom is 0.262 e. The minimum atomic E-state index is -1.03. The molecular formula is C17H17NO3. The Labute approximate surface area is 123 Å². The zero-order valence-corrected chi connectivity index (χ0v) is 12.2. The topological polar surface area (TPSA) is 54.5 Å². The molecule has 1 atom stereocenters. The summed E-state index contributed by atoms with van der Waals surface area (Å²) in [4.78, 5) is 38.2. The Morgan fingerprint density at radius 2 is 1.62 bits per heavy atom. The van der Waals surface area contributed by atoms with Crippen molar-refractivity contribution in [2.75, 3.05) is 0 Å². The second kappa shape index (κ2) is 4.65. The number of benzene rings is 1. The van der Waals surface area contributed by atoms with E-state index in [1.807, 2.05) is 13.8 Å². The van der Waals surface area contributed by atoms with Crippen LogP contribution >= 0.6 is 0 Å². The maximum atomic E-state index is 12.6. The first-order chi connectivity index (χ1) is 10.00. The van der Waals surface area contributed by atoms with Gasteiger partial charge in [0, 0.05) is 0 Å². The smallest absolute Gasteiger partial charge is 0.262 e. The lowest BCUT2D eigenvalue weighted by atomic mass is 9.78. The molecular weight excluding hydrogens is 266 g/mol. The summed E-state index contributed by atoms with van der Waals surface area (Å²) in [6.45, 7) is 4.00. The lowest BCUT2D eigenvalue weighted by Gasteiger charge is -2.39. The lowest BCUT2D eigenvalue weighted by Crippen LogP contribution is -2.54. The van der Waals surface area contributed by atoms with Crippen LogP contribution in [0.25, 0.3) is 0 Å². The van der Waals surface area contributed by atoms with Crippen molar-refractivity contribution < 1.29 is 14.4 Å². The fourth-order valence-corrected chi connectivity index (χ4v) is 3.25.